The lowest BCUT2D eigenvalue weighted by molar-refractivity contribution is -0.121. The number of hydrogen-bond acceptors (Lipinski definition) is 3. The third-order valence-corrected chi connectivity index (χ3v) is 4.00. The van der Waals surface area contributed by atoms with E-state index in [0.717, 1.165) is 12.8 Å². The molecule has 2 aromatic rings. The van der Waals surface area contributed by atoms with Gasteiger partial charge in [-0.05, 0) is 48.9 Å². The largest absolute Gasteiger partial charge is 0.482 e. The van der Waals surface area contributed by atoms with Crippen molar-refractivity contribution in [2.75, 3.05) is 23.4 Å². The Kier molecular flexibility index (Phi) is 4.97. The van der Waals surface area contributed by atoms with Gasteiger partial charge in [-0.2, -0.15) is 0 Å². The Morgan fingerprint density at radius 3 is 2.72 bits per heavy atom. The maximum Gasteiger partial charge on any atom is 0.265 e. The number of halogens is 1. The van der Waals surface area contributed by atoms with Crippen molar-refractivity contribution < 1.29 is 18.7 Å². The standard InChI is InChI=1S/C19H19FN2O3/c1-2-3-10-22-16-11-15(8-9-17(16)25-12-18(22)23)21-19(24)13-4-6-14(20)7-5-13/h4-9,11H,2-3,10,12H2,1H3,(H,21,24). The molecular formula is C19H19FN2O3. The van der Waals surface area contributed by atoms with Gasteiger partial charge in [-0.15, -0.1) is 0 Å². The smallest absolute Gasteiger partial charge is 0.265 e. The highest BCUT2D eigenvalue weighted by atomic mass is 19.1. The van der Waals surface area contributed by atoms with E-state index in [9.17, 15) is 14.0 Å². The zero-order valence-corrected chi connectivity index (χ0v) is 13.9. The molecule has 1 N–H and O–H groups in total. The Labute approximate surface area is 145 Å². The second-order valence-electron chi connectivity index (χ2n) is 5.83. The van der Waals surface area contributed by atoms with Crippen LogP contribution in [0.3, 0.4) is 0 Å². The van der Waals surface area contributed by atoms with Crippen LogP contribution in [0.5, 0.6) is 5.75 Å². The summed E-state index contributed by atoms with van der Waals surface area (Å²) < 4.78 is 18.4. The van der Waals surface area contributed by atoms with Gasteiger partial charge < -0.3 is 15.0 Å². The fourth-order valence-corrected chi connectivity index (χ4v) is 2.65. The van der Waals surface area contributed by atoms with Gasteiger partial charge in [0.25, 0.3) is 11.8 Å². The minimum Gasteiger partial charge on any atom is -0.482 e. The van der Waals surface area contributed by atoms with E-state index in [1.165, 1.54) is 24.3 Å². The monoisotopic (exact) mass is 342 g/mol. The summed E-state index contributed by atoms with van der Waals surface area (Å²) in [6.07, 6.45) is 1.86. The molecule has 0 saturated carbocycles. The molecule has 0 saturated heterocycles. The van der Waals surface area contributed by atoms with E-state index in [4.69, 9.17) is 4.74 Å². The fraction of sp³-hybridized carbons (Fsp3) is 0.263. The van der Waals surface area contributed by atoms with Gasteiger partial charge in [0.05, 0.1) is 5.69 Å². The molecule has 0 aromatic heterocycles. The number of nitrogens with zero attached hydrogens (tertiary/aromatic N) is 1. The van der Waals surface area contributed by atoms with Crippen molar-refractivity contribution >= 4 is 23.2 Å². The summed E-state index contributed by atoms with van der Waals surface area (Å²) in [5, 5.41) is 2.76. The summed E-state index contributed by atoms with van der Waals surface area (Å²) in [5.41, 5.74) is 1.56. The Bertz CT molecular complexity index is 790. The van der Waals surface area contributed by atoms with E-state index < -0.39 is 5.82 Å². The zero-order valence-electron chi connectivity index (χ0n) is 13.9. The van der Waals surface area contributed by atoms with E-state index >= 15 is 0 Å². The highest BCUT2D eigenvalue weighted by Crippen LogP contribution is 2.34. The third-order valence-electron chi connectivity index (χ3n) is 4.00. The first-order valence-electron chi connectivity index (χ1n) is 8.22. The van der Waals surface area contributed by atoms with Crippen molar-refractivity contribution in [2.24, 2.45) is 0 Å². The number of unbranched alkanes of at least 4 members (excludes halogenated alkanes) is 1. The Morgan fingerprint density at radius 2 is 2.00 bits per heavy atom. The Balaban J connectivity index is 1.82. The minimum absolute atomic E-state index is 0.0258. The van der Waals surface area contributed by atoms with Gasteiger partial charge in [0, 0.05) is 17.8 Å². The second kappa shape index (κ2) is 7.34. The highest BCUT2D eigenvalue weighted by Gasteiger charge is 2.25. The molecule has 0 aliphatic carbocycles. The second-order valence-corrected chi connectivity index (χ2v) is 5.83. The van der Waals surface area contributed by atoms with E-state index in [0.29, 0.717) is 29.2 Å². The third kappa shape index (κ3) is 3.79. The number of carbonyl (C=O) groups excluding carboxylic acids is 2. The van der Waals surface area contributed by atoms with Crippen LogP contribution in [-0.2, 0) is 4.79 Å². The van der Waals surface area contributed by atoms with Gasteiger partial charge in [0.1, 0.15) is 11.6 Å². The molecule has 25 heavy (non-hydrogen) atoms. The van der Waals surface area contributed by atoms with Crippen LogP contribution in [-0.4, -0.2) is 25.0 Å². The van der Waals surface area contributed by atoms with Gasteiger partial charge >= 0.3 is 0 Å². The molecule has 0 radical (unpaired) electrons. The molecule has 2 aromatic carbocycles. The van der Waals surface area contributed by atoms with Crippen molar-refractivity contribution in [3.8, 4) is 5.75 Å². The number of anilines is 2. The molecule has 0 atom stereocenters. The molecule has 0 unspecified atom stereocenters. The highest BCUT2D eigenvalue weighted by molar-refractivity contribution is 6.05. The molecular weight excluding hydrogens is 323 g/mol. The summed E-state index contributed by atoms with van der Waals surface area (Å²) in [6.45, 7) is 2.70. The van der Waals surface area contributed by atoms with Crippen molar-refractivity contribution in [1.82, 2.24) is 0 Å². The summed E-state index contributed by atoms with van der Waals surface area (Å²) in [6, 6.07) is 10.5. The summed E-state index contributed by atoms with van der Waals surface area (Å²) >= 11 is 0. The molecule has 1 aliphatic heterocycles. The molecule has 2 amide bonds. The van der Waals surface area contributed by atoms with Crippen molar-refractivity contribution in [2.45, 2.75) is 19.8 Å². The lowest BCUT2D eigenvalue weighted by atomic mass is 10.1. The van der Waals surface area contributed by atoms with E-state index in [1.54, 1.807) is 23.1 Å². The number of ether oxygens (including phenoxy) is 1. The van der Waals surface area contributed by atoms with Crippen LogP contribution < -0.4 is 15.0 Å². The van der Waals surface area contributed by atoms with Crippen LogP contribution in [0.2, 0.25) is 0 Å². The summed E-state index contributed by atoms with van der Waals surface area (Å²) in [5.74, 6) is -0.214. The van der Waals surface area contributed by atoms with Crippen LogP contribution in [0.25, 0.3) is 0 Å². The zero-order chi connectivity index (χ0) is 17.8. The Morgan fingerprint density at radius 1 is 1.24 bits per heavy atom. The Hall–Kier alpha value is -2.89. The van der Waals surface area contributed by atoms with Gasteiger partial charge in [-0.25, -0.2) is 4.39 Å². The number of nitrogens with one attached hydrogen (secondary N) is 1. The van der Waals surface area contributed by atoms with Crippen molar-refractivity contribution in [3.05, 3.63) is 53.8 Å². The molecule has 5 nitrogen and oxygen atoms in total. The lowest BCUT2D eigenvalue weighted by Gasteiger charge is -2.29. The lowest BCUT2D eigenvalue weighted by Crippen LogP contribution is -2.39. The van der Waals surface area contributed by atoms with E-state index in [1.807, 2.05) is 0 Å². The normalized spacial score (nSPS) is 13.2. The van der Waals surface area contributed by atoms with Gasteiger partial charge in [0.2, 0.25) is 0 Å². The summed E-state index contributed by atoms with van der Waals surface area (Å²) in [4.78, 5) is 26.1. The van der Waals surface area contributed by atoms with Crippen molar-refractivity contribution in [1.29, 1.82) is 0 Å². The molecule has 3 rings (SSSR count). The maximum absolute atomic E-state index is 13.0. The number of rotatable bonds is 5. The van der Waals surface area contributed by atoms with Crippen LogP contribution >= 0.6 is 0 Å². The SMILES string of the molecule is CCCCN1C(=O)COc2ccc(NC(=O)c3ccc(F)cc3)cc21. The average molecular weight is 342 g/mol. The minimum atomic E-state index is -0.396. The first-order chi connectivity index (χ1) is 12.1. The average Bonchev–Trinajstić information content (AvgIpc) is 2.61. The van der Waals surface area contributed by atoms with E-state index in [-0.39, 0.29) is 18.4 Å². The molecule has 130 valence electrons. The van der Waals surface area contributed by atoms with Crippen LogP contribution in [0.1, 0.15) is 30.1 Å². The molecule has 0 spiro atoms. The first-order valence-corrected chi connectivity index (χ1v) is 8.22. The molecule has 0 bridgehead atoms. The number of carbonyl (C=O) groups is 2. The predicted molar refractivity (Wildman–Crippen MR) is 93.6 cm³/mol. The quantitative estimate of drug-likeness (QED) is 0.903. The van der Waals surface area contributed by atoms with E-state index in [2.05, 4.69) is 12.2 Å². The van der Waals surface area contributed by atoms with Gasteiger partial charge in [-0.3, -0.25) is 9.59 Å². The van der Waals surface area contributed by atoms with Gasteiger partial charge in [-0.1, -0.05) is 13.3 Å². The number of hydrogen-bond donors (Lipinski definition) is 1. The molecule has 6 heteroatoms. The van der Waals surface area contributed by atoms with Crippen LogP contribution in [0, 0.1) is 5.82 Å². The number of amides is 2. The number of fused-ring (bicyclic) bond motifs is 1. The number of benzene rings is 2. The molecule has 1 heterocycles. The van der Waals surface area contributed by atoms with Crippen molar-refractivity contribution in [3.63, 3.8) is 0 Å². The molecule has 0 fully saturated rings. The molecule has 1 aliphatic rings. The first kappa shape index (κ1) is 17.0. The maximum atomic E-state index is 13.0. The van der Waals surface area contributed by atoms with Gasteiger partial charge in [0.15, 0.2) is 6.61 Å². The predicted octanol–water partition coefficient (Wildman–Crippen LogP) is 3.60. The topological polar surface area (TPSA) is 58.6 Å². The van der Waals surface area contributed by atoms with Crippen LogP contribution in [0.4, 0.5) is 15.8 Å². The fourth-order valence-electron chi connectivity index (χ4n) is 2.65. The van der Waals surface area contributed by atoms with Crippen LogP contribution in [0.15, 0.2) is 42.5 Å². The summed E-state index contributed by atoms with van der Waals surface area (Å²) in [7, 11) is 0.